The van der Waals surface area contributed by atoms with Crippen LogP contribution < -0.4 is 14.4 Å². The molecule has 9 heteroatoms. The van der Waals surface area contributed by atoms with Gasteiger partial charge >= 0.3 is 0 Å². The van der Waals surface area contributed by atoms with Crippen LogP contribution in [0.15, 0.2) is 48.6 Å². The summed E-state index contributed by atoms with van der Waals surface area (Å²) in [5.41, 5.74) is 3.54. The molecule has 5 aliphatic rings. The first-order valence-corrected chi connectivity index (χ1v) is 17.7. The fraction of sp³-hybridized carbons (Fsp3) is 0.559. The summed E-state index contributed by atoms with van der Waals surface area (Å²) >= 11 is 6.42. The third-order valence-electron chi connectivity index (χ3n) is 10.8. The minimum atomic E-state index is -3.83. The highest BCUT2D eigenvalue weighted by Gasteiger charge is 2.44. The number of allylic oxidation sites excluding steroid dienone is 1. The second-order valence-corrected chi connectivity index (χ2v) is 15.8. The van der Waals surface area contributed by atoms with Crippen molar-refractivity contribution in [2.75, 3.05) is 31.7 Å². The molecular formula is C34H41ClN2O5S. The Kier molecular flexibility index (Phi) is 7.75. The van der Waals surface area contributed by atoms with Gasteiger partial charge in [-0.25, -0.2) is 13.1 Å². The minimum absolute atomic E-state index is 0.0103. The number of carbonyl (C=O) groups is 1. The second-order valence-electron chi connectivity index (χ2n) is 13.4. The molecule has 2 aromatic rings. The average molecular weight is 625 g/mol. The van der Waals surface area contributed by atoms with E-state index < -0.39 is 21.2 Å². The maximum absolute atomic E-state index is 13.5. The molecule has 0 saturated heterocycles. The highest BCUT2D eigenvalue weighted by atomic mass is 35.5. The molecule has 0 radical (unpaired) electrons. The van der Waals surface area contributed by atoms with Gasteiger partial charge in [-0.05, 0) is 111 Å². The van der Waals surface area contributed by atoms with Crippen LogP contribution in [-0.4, -0.2) is 52.5 Å². The van der Waals surface area contributed by atoms with Crippen molar-refractivity contribution in [1.29, 1.82) is 0 Å². The summed E-state index contributed by atoms with van der Waals surface area (Å²) in [5.74, 6) is 1.11. The summed E-state index contributed by atoms with van der Waals surface area (Å²) in [6.45, 7) is 2.10. The molecule has 2 aromatic carbocycles. The van der Waals surface area contributed by atoms with Gasteiger partial charge in [0.05, 0.1) is 23.6 Å². The standard InChI is InChI=1S/C34H41ClN2O5S/c1-41-31-13-7-22-4-2-6-27(16-22)43(39,40)36-33(38)24-9-14-32-30(18-24)37(19-25-8-11-28(25)31)20-34(21-42-32)15-3-5-23-17-26(35)10-12-29(23)34/h7,9-10,12-14,17-18,22,25,27-28,31H,2-6,8,11,15-16,19-21H2,1H3,(H,36,38)/b13-7+/t22?,25-,27+,28+,31-,34-/m0/s1. The summed E-state index contributed by atoms with van der Waals surface area (Å²) in [4.78, 5) is 15.9. The maximum Gasteiger partial charge on any atom is 0.264 e. The van der Waals surface area contributed by atoms with Gasteiger partial charge in [0, 0.05) is 36.2 Å². The molecule has 1 unspecified atom stereocenters. The third-order valence-corrected chi connectivity index (χ3v) is 12.8. The van der Waals surface area contributed by atoms with E-state index in [-0.39, 0.29) is 17.4 Å². The largest absolute Gasteiger partial charge is 0.490 e. The van der Waals surface area contributed by atoms with Gasteiger partial charge in [0.25, 0.3) is 5.91 Å². The molecule has 2 aliphatic heterocycles. The molecule has 2 fully saturated rings. The molecule has 4 bridgehead atoms. The van der Waals surface area contributed by atoms with Crippen molar-refractivity contribution in [3.63, 3.8) is 0 Å². The Bertz CT molecular complexity index is 1540. The highest BCUT2D eigenvalue weighted by Crippen LogP contribution is 2.47. The Balaban J connectivity index is 1.30. The quantitative estimate of drug-likeness (QED) is 0.389. The van der Waals surface area contributed by atoms with E-state index in [0.717, 1.165) is 74.5 Å². The van der Waals surface area contributed by atoms with E-state index in [1.165, 1.54) is 11.1 Å². The summed E-state index contributed by atoms with van der Waals surface area (Å²) < 4.78 is 41.9. The van der Waals surface area contributed by atoms with E-state index in [2.05, 4.69) is 33.9 Å². The van der Waals surface area contributed by atoms with E-state index in [0.29, 0.717) is 36.8 Å². The number of benzene rings is 2. The van der Waals surface area contributed by atoms with Crippen LogP contribution in [-0.2, 0) is 26.6 Å². The third kappa shape index (κ3) is 5.48. The van der Waals surface area contributed by atoms with Crippen molar-refractivity contribution in [3.8, 4) is 5.75 Å². The van der Waals surface area contributed by atoms with E-state index >= 15 is 0 Å². The molecule has 7 nitrogen and oxygen atoms in total. The molecule has 6 atom stereocenters. The van der Waals surface area contributed by atoms with Crippen LogP contribution in [0.25, 0.3) is 0 Å². The van der Waals surface area contributed by atoms with Crippen LogP contribution in [0, 0.1) is 17.8 Å². The lowest BCUT2D eigenvalue weighted by Gasteiger charge is -2.46. The Morgan fingerprint density at radius 2 is 1.95 bits per heavy atom. The van der Waals surface area contributed by atoms with E-state index in [1.807, 2.05) is 18.2 Å². The van der Waals surface area contributed by atoms with Crippen LogP contribution in [0.3, 0.4) is 0 Å². The van der Waals surface area contributed by atoms with Gasteiger partial charge in [-0.15, -0.1) is 0 Å². The zero-order chi connectivity index (χ0) is 29.8. The lowest BCUT2D eigenvalue weighted by Crippen LogP contribution is -2.49. The van der Waals surface area contributed by atoms with Gasteiger partial charge in [-0.1, -0.05) is 36.2 Å². The van der Waals surface area contributed by atoms with Gasteiger partial charge in [0.2, 0.25) is 10.0 Å². The highest BCUT2D eigenvalue weighted by molar-refractivity contribution is 7.90. The number of hydrogen-bond donors (Lipinski definition) is 1. The second kappa shape index (κ2) is 11.4. The number of aryl methyl sites for hydroxylation is 1. The Morgan fingerprint density at radius 1 is 1.07 bits per heavy atom. The number of anilines is 1. The maximum atomic E-state index is 13.5. The number of methoxy groups -OCH3 is 1. The number of rotatable bonds is 1. The predicted octanol–water partition coefficient (Wildman–Crippen LogP) is 6.04. The monoisotopic (exact) mass is 624 g/mol. The number of amides is 1. The number of ether oxygens (including phenoxy) is 2. The van der Waals surface area contributed by atoms with Crippen molar-refractivity contribution < 1.29 is 22.7 Å². The smallest absolute Gasteiger partial charge is 0.264 e. The van der Waals surface area contributed by atoms with E-state index in [1.54, 1.807) is 13.2 Å². The van der Waals surface area contributed by atoms with Crippen molar-refractivity contribution >= 4 is 33.2 Å². The molecule has 2 heterocycles. The van der Waals surface area contributed by atoms with Gasteiger partial charge in [0.1, 0.15) is 5.75 Å². The zero-order valence-corrected chi connectivity index (χ0v) is 26.3. The molecule has 0 aromatic heterocycles. The van der Waals surface area contributed by atoms with Crippen LogP contribution in [0.4, 0.5) is 5.69 Å². The molecule has 3 aliphatic carbocycles. The molecule has 43 heavy (non-hydrogen) atoms. The van der Waals surface area contributed by atoms with Gasteiger partial charge in [-0.2, -0.15) is 0 Å². The number of nitrogens with zero attached hydrogens (tertiary/aromatic N) is 1. The number of halogens is 1. The fourth-order valence-corrected chi connectivity index (χ4v) is 10.1. The van der Waals surface area contributed by atoms with Gasteiger partial charge in [0.15, 0.2) is 0 Å². The zero-order valence-electron chi connectivity index (χ0n) is 24.8. The minimum Gasteiger partial charge on any atom is -0.490 e. The Hall–Kier alpha value is -2.55. The number of fused-ring (bicyclic) bond motifs is 6. The fourth-order valence-electron chi connectivity index (χ4n) is 8.36. The summed E-state index contributed by atoms with van der Waals surface area (Å²) in [7, 11) is -2.04. The molecule has 2 saturated carbocycles. The van der Waals surface area contributed by atoms with Gasteiger partial charge in [-0.3, -0.25) is 4.79 Å². The van der Waals surface area contributed by atoms with Crippen molar-refractivity contribution in [2.24, 2.45) is 17.8 Å². The van der Waals surface area contributed by atoms with Crippen LogP contribution in [0.1, 0.15) is 72.9 Å². The van der Waals surface area contributed by atoms with Crippen molar-refractivity contribution in [1.82, 2.24) is 4.72 Å². The molecule has 230 valence electrons. The first kappa shape index (κ1) is 29.2. The first-order valence-electron chi connectivity index (χ1n) is 15.8. The molecule has 1 amide bonds. The first-order chi connectivity index (χ1) is 20.7. The summed E-state index contributed by atoms with van der Waals surface area (Å²) in [6.07, 6.45) is 12.5. The molecule has 1 N–H and O–H groups in total. The molecular weight excluding hydrogens is 584 g/mol. The van der Waals surface area contributed by atoms with Crippen LogP contribution in [0.5, 0.6) is 5.75 Å². The van der Waals surface area contributed by atoms with E-state index in [9.17, 15) is 13.2 Å². The normalized spacial score (nSPS) is 34.0. The summed E-state index contributed by atoms with van der Waals surface area (Å²) in [6, 6.07) is 11.6. The lowest BCUT2D eigenvalue weighted by molar-refractivity contribution is 0.0129. The number of hydrogen-bond acceptors (Lipinski definition) is 6. The van der Waals surface area contributed by atoms with Crippen LogP contribution in [0.2, 0.25) is 5.02 Å². The van der Waals surface area contributed by atoms with E-state index in [4.69, 9.17) is 21.1 Å². The molecule has 1 spiro atoms. The Morgan fingerprint density at radius 3 is 2.77 bits per heavy atom. The topological polar surface area (TPSA) is 84.9 Å². The van der Waals surface area contributed by atoms with Crippen LogP contribution >= 0.6 is 11.6 Å². The van der Waals surface area contributed by atoms with Crippen molar-refractivity contribution in [2.45, 2.75) is 74.6 Å². The van der Waals surface area contributed by atoms with Gasteiger partial charge < -0.3 is 14.4 Å². The number of carbonyl (C=O) groups excluding carboxylic acids is 1. The number of sulfonamides is 1. The average Bonchev–Trinajstić information content (AvgIpc) is 3.13. The Labute approximate surface area is 260 Å². The number of nitrogens with one attached hydrogen (secondary N) is 1. The van der Waals surface area contributed by atoms with Crippen molar-refractivity contribution in [3.05, 3.63) is 70.3 Å². The lowest BCUT2D eigenvalue weighted by atomic mass is 9.68. The SMILES string of the molecule is CO[C@H]1/C=C/C2CCC[C@H](C2)S(=O)(=O)NC(=O)c2ccc3c(c2)N(C[C@@H]2CC[C@H]21)C[C@@]1(CCCc2cc(Cl)ccc21)CO3. The summed E-state index contributed by atoms with van der Waals surface area (Å²) in [5, 5.41) is 0.162. The molecule has 7 rings (SSSR count). The predicted molar refractivity (Wildman–Crippen MR) is 169 cm³/mol.